The van der Waals surface area contributed by atoms with Crippen LogP contribution in [0.2, 0.25) is 0 Å². The monoisotopic (exact) mass is 244 g/mol. The molecule has 2 heteroatoms. The Morgan fingerprint density at radius 1 is 1.22 bits per heavy atom. The van der Waals surface area contributed by atoms with Crippen molar-refractivity contribution in [3.8, 4) is 0 Å². The van der Waals surface area contributed by atoms with Crippen molar-refractivity contribution in [3.63, 3.8) is 0 Å². The Kier molecular flexibility index (Phi) is 3.22. The predicted molar refractivity (Wildman–Crippen MR) is 78.2 cm³/mol. The number of hydrogen-bond donors (Lipinski definition) is 0. The highest BCUT2D eigenvalue weighted by molar-refractivity contribution is 5.77. The lowest BCUT2D eigenvalue weighted by atomic mass is 9.96. The van der Waals surface area contributed by atoms with E-state index in [0.717, 1.165) is 12.1 Å². The summed E-state index contributed by atoms with van der Waals surface area (Å²) in [5, 5.41) is 0. The van der Waals surface area contributed by atoms with Crippen molar-refractivity contribution in [2.24, 2.45) is 0 Å². The number of nitrogens with zero attached hydrogens (tertiary/aromatic N) is 2. The smallest absolute Gasteiger partial charge is 0.115 e. The molecule has 0 N–H and O–H groups in total. The molecule has 0 saturated carbocycles. The Labute approximate surface area is 110 Å². The summed E-state index contributed by atoms with van der Waals surface area (Å²) in [7, 11) is 0. The van der Waals surface area contributed by atoms with Gasteiger partial charge < -0.3 is 4.57 Å². The first-order chi connectivity index (χ1) is 8.34. The second-order valence-electron chi connectivity index (χ2n) is 6.33. The van der Waals surface area contributed by atoms with Gasteiger partial charge in [-0.05, 0) is 30.5 Å². The van der Waals surface area contributed by atoms with Crippen molar-refractivity contribution < 1.29 is 0 Å². The zero-order chi connectivity index (χ0) is 13.5. The zero-order valence-corrected chi connectivity index (χ0v) is 12.4. The van der Waals surface area contributed by atoms with E-state index in [1.54, 1.807) is 0 Å². The van der Waals surface area contributed by atoms with Gasteiger partial charge in [0.2, 0.25) is 0 Å². The number of imidazole rings is 1. The van der Waals surface area contributed by atoms with E-state index in [2.05, 4.69) is 64.3 Å². The van der Waals surface area contributed by atoms with Crippen LogP contribution in [0.5, 0.6) is 0 Å². The zero-order valence-electron chi connectivity index (χ0n) is 12.4. The molecule has 2 rings (SSSR count). The molecular formula is C16H24N2. The quantitative estimate of drug-likeness (QED) is 0.761. The molecule has 1 aromatic carbocycles. The Hall–Kier alpha value is -1.31. The minimum absolute atomic E-state index is 0.0903. The summed E-state index contributed by atoms with van der Waals surface area (Å²) >= 11 is 0. The molecule has 0 aliphatic rings. The number of hydrogen-bond acceptors (Lipinski definition) is 1. The lowest BCUT2D eigenvalue weighted by molar-refractivity contribution is 0.512. The molecular weight excluding hydrogens is 220 g/mol. The van der Waals surface area contributed by atoms with Crippen molar-refractivity contribution >= 4 is 11.0 Å². The van der Waals surface area contributed by atoms with Gasteiger partial charge in [0.05, 0.1) is 11.0 Å². The normalized spacial score (nSPS) is 12.6. The average molecular weight is 244 g/mol. The van der Waals surface area contributed by atoms with E-state index in [0.29, 0.717) is 5.92 Å². The highest BCUT2D eigenvalue weighted by Gasteiger charge is 2.22. The SMILES string of the molecule is CCn1c(C(C)(C)C)nc2cc(C(C)C)ccc21. The number of fused-ring (bicyclic) bond motifs is 1. The van der Waals surface area contributed by atoms with Crippen LogP contribution in [0.1, 0.15) is 58.8 Å². The van der Waals surface area contributed by atoms with E-state index in [1.807, 2.05) is 0 Å². The highest BCUT2D eigenvalue weighted by atomic mass is 15.1. The fourth-order valence-electron chi connectivity index (χ4n) is 2.40. The van der Waals surface area contributed by atoms with Crippen LogP contribution in [0.4, 0.5) is 0 Å². The van der Waals surface area contributed by atoms with Gasteiger partial charge >= 0.3 is 0 Å². The molecule has 98 valence electrons. The second-order valence-corrected chi connectivity index (χ2v) is 6.33. The van der Waals surface area contributed by atoms with Gasteiger partial charge in [-0.25, -0.2) is 4.98 Å². The van der Waals surface area contributed by atoms with Crippen molar-refractivity contribution in [2.75, 3.05) is 0 Å². The van der Waals surface area contributed by atoms with Gasteiger partial charge in [0.25, 0.3) is 0 Å². The lowest BCUT2D eigenvalue weighted by Crippen LogP contribution is -2.18. The molecule has 0 atom stereocenters. The summed E-state index contributed by atoms with van der Waals surface area (Å²) in [6, 6.07) is 6.69. The summed E-state index contributed by atoms with van der Waals surface area (Å²) in [4.78, 5) is 4.86. The van der Waals surface area contributed by atoms with E-state index >= 15 is 0 Å². The van der Waals surface area contributed by atoms with Crippen LogP contribution in [-0.2, 0) is 12.0 Å². The first-order valence-electron chi connectivity index (χ1n) is 6.85. The molecule has 0 amide bonds. The molecule has 2 aromatic rings. The second kappa shape index (κ2) is 4.42. The van der Waals surface area contributed by atoms with Gasteiger partial charge in [-0.3, -0.25) is 0 Å². The Balaban J connectivity index is 2.68. The molecule has 18 heavy (non-hydrogen) atoms. The summed E-state index contributed by atoms with van der Waals surface area (Å²) in [5.41, 5.74) is 3.84. The maximum absolute atomic E-state index is 4.86. The van der Waals surface area contributed by atoms with Crippen LogP contribution in [0.25, 0.3) is 11.0 Å². The number of benzene rings is 1. The molecule has 0 saturated heterocycles. The number of aromatic nitrogens is 2. The van der Waals surface area contributed by atoms with E-state index in [4.69, 9.17) is 4.98 Å². The van der Waals surface area contributed by atoms with Crippen molar-refractivity contribution in [2.45, 2.75) is 59.4 Å². The van der Waals surface area contributed by atoms with Crippen LogP contribution < -0.4 is 0 Å². The summed E-state index contributed by atoms with van der Waals surface area (Å²) in [6.07, 6.45) is 0. The molecule has 0 aliphatic carbocycles. The van der Waals surface area contributed by atoms with Gasteiger partial charge in [0, 0.05) is 12.0 Å². The molecule has 0 fully saturated rings. The third-order valence-electron chi connectivity index (χ3n) is 3.43. The number of rotatable bonds is 2. The maximum Gasteiger partial charge on any atom is 0.115 e. The van der Waals surface area contributed by atoms with Crippen molar-refractivity contribution in [1.29, 1.82) is 0 Å². The molecule has 2 nitrogen and oxygen atoms in total. The van der Waals surface area contributed by atoms with Crippen LogP contribution in [0.15, 0.2) is 18.2 Å². The van der Waals surface area contributed by atoms with E-state index < -0.39 is 0 Å². The van der Waals surface area contributed by atoms with E-state index in [9.17, 15) is 0 Å². The highest BCUT2D eigenvalue weighted by Crippen LogP contribution is 2.28. The molecule has 1 heterocycles. The van der Waals surface area contributed by atoms with Gasteiger partial charge in [-0.2, -0.15) is 0 Å². The third kappa shape index (κ3) is 2.16. The fourth-order valence-corrected chi connectivity index (χ4v) is 2.40. The van der Waals surface area contributed by atoms with Crippen LogP contribution in [0, 0.1) is 0 Å². The first-order valence-corrected chi connectivity index (χ1v) is 6.85. The van der Waals surface area contributed by atoms with Crippen LogP contribution >= 0.6 is 0 Å². The van der Waals surface area contributed by atoms with Crippen LogP contribution in [0.3, 0.4) is 0 Å². The largest absolute Gasteiger partial charge is 0.328 e. The molecule has 0 unspecified atom stereocenters. The third-order valence-corrected chi connectivity index (χ3v) is 3.43. The summed E-state index contributed by atoms with van der Waals surface area (Å²) < 4.78 is 2.33. The fraction of sp³-hybridized carbons (Fsp3) is 0.562. The average Bonchev–Trinajstić information content (AvgIpc) is 2.65. The molecule has 0 spiro atoms. The Bertz CT molecular complexity index is 556. The Morgan fingerprint density at radius 2 is 1.89 bits per heavy atom. The van der Waals surface area contributed by atoms with Gasteiger partial charge in [0.1, 0.15) is 5.82 Å². The predicted octanol–water partition coefficient (Wildman–Crippen LogP) is 4.48. The summed E-state index contributed by atoms with van der Waals surface area (Å²) in [6.45, 7) is 14.3. The molecule has 0 aliphatic heterocycles. The van der Waals surface area contributed by atoms with Gasteiger partial charge in [-0.15, -0.1) is 0 Å². The minimum atomic E-state index is 0.0903. The van der Waals surface area contributed by atoms with E-state index in [-0.39, 0.29) is 5.41 Å². The van der Waals surface area contributed by atoms with Crippen LogP contribution in [-0.4, -0.2) is 9.55 Å². The molecule has 0 radical (unpaired) electrons. The summed E-state index contributed by atoms with van der Waals surface area (Å²) in [5.74, 6) is 1.74. The van der Waals surface area contributed by atoms with Crippen molar-refractivity contribution in [3.05, 3.63) is 29.6 Å². The first kappa shape index (κ1) is 13.1. The lowest BCUT2D eigenvalue weighted by Gasteiger charge is -2.19. The molecule has 0 bridgehead atoms. The molecule has 1 aromatic heterocycles. The standard InChI is InChI=1S/C16H24N2/c1-7-18-14-9-8-12(11(2)3)10-13(14)17-15(18)16(4,5)6/h8-11H,7H2,1-6H3. The number of aryl methyl sites for hydroxylation is 1. The topological polar surface area (TPSA) is 17.8 Å². The van der Waals surface area contributed by atoms with Gasteiger partial charge in [-0.1, -0.05) is 40.7 Å². The van der Waals surface area contributed by atoms with Crippen molar-refractivity contribution in [1.82, 2.24) is 9.55 Å². The minimum Gasteiger partial charge on any atom is -0.328 e. The van der Waals surface area contributed by atoms with Gasteiger partial charge in [0.15, 0.2) is 0 Å². The maximum atomic E-state index is 4.86. The Morgan fingerprint density at radius 3 is 2.39 bits per heavy atom. The van der Waals surface area contributed by atoms with E-state index in [1.165, 1.54) is 16.9 Å².